The Labute approximate surface area is 127 Å². The molecule has 0 radical (unpaired) electrons. The maximum Gasteiger partial charge on any atom is 0.240 e. The van der Waals surface area contributed by atoms with Crippen LogP contribution >= 0.6 is 24.0 Å². The van der Waals surface area contributed by atoms with Crippen molar-refractivity contribution in [1.82, 2.24) is 10.2 Å². The van der Waals surface area contributed by atoms with Gasteiger partial charge in [-0.1, -0.05) is 11.6 Å². The third kappa shape index (κ3) is 4.52. The van der Waals surface area contributed by atoms with Gasteiger partial charge in [0.2, 0.25) is 6.43 Å². The lowest BCUT2D eigenvalue weighted by atomic mass is 10.0. The van der Waals surface area contributed by atoms with Crippen LogP contribution in [0.3, 0.4) is 0 Å². The number of alkyl halides is 2. The molecule has 7 heteroatoms. The van der Waals surface area contributed by atoms with E-state index in [9.17, 15) is 13.2 Å². The lowest BCUT2D eigenvalue weighted by molar-refractivity contribution is 0.0725. The highest BCUT2D eigenvalue weighted by Crippen LogP contribution is 2.31. The number of halogens is 5. The third-order valence-corrected chi connectivity index (χ3v) is 3.55. The molecule has 20 heavy (non-hydrogen) atoms. The lowest BCUT2D eigenvalue weighted by Crippen LogP contribution is -2.45. The summed E-state index contributed by atoms with van der Waals surface area (Å²) in [5.74, 6) is -0.478. The van der Waals surface area contributed by atoms with Crippen molar-refractivity contribution < 1.29 is 13.2 Å². The second-order valence-electron chi connectivity index (χ2n) is 4.59. The first-order valence-electron chi connectivity index (χ1n) is 6.26. The summed E-state index contributed by atoms with van der Waals surface area (Å²) in [6, 6.07) is 3.49. The molecule has 114 valence electrons. The zero-order valence-corrected chi connectivity index (χ0v) is 12.4. The maximum absolute atomic E-state index is 13.9. The molecule has 1 N–H and O–H groups in total. The van der Waals surface area contributed by atoms with Crippen LogP contribution in [0.4, 0.5) is 13.2 Å². The second-order valence-corrected chi connectivity index (χ2v) is 5.03. The van der Waals surface area contributed by atoms with E-state index in [1.807, 2.05) is 4.90 Å². The Kier molecular flexibility index (Phi) is 7.09. The molecular formula is C13H17Cl2F3N2. The minimum atomic E-state index is -2.47. The second kappa shape index (κ2) is 8.08. The fourth-order valence-corrected chi connectivity index (χ4v) is 2.59. The molecule has 1 heterocycles. The monoisotopic (exact) mass is 328 g/mol. The number of hydrogen-bond donors (Lipinski definition) is 1. The van der Waals surface area contributed by atoms with Gasteiger partial charge in [-0.3, -0.25) is 4.90 Å². The first-order chi connectivity index (χ1) is 9.08. The van der Waals surface area contributed by atoms with Crippen molar-refractivity contribution in [2.24, 2.45) is 0 Å². The summed E-state index contributed by atoms with van der Waals surface area (Å²) in [5, 5.41) is 3.52. The average molecular weight is 329 g/mol. The molecule has 2 rings (SSSR count). The van der Waals surface area contributed by atoms with Gasteiger partial charge in [0.25, 0.3) is 0 Å². The molecule has 1 aliphatic heterocycles. The van der Waals surface area contributed by atoms with Crippen LogP contribution in [0.1, 0.15) is 18.0 Å². The van der Waals surface area contributed by atoms with Crippen molar-refractivity contribution in [1.29, 1.82) is 0 Å². The predicted molar refractivity (Wildman–Crippen MR) is 76.5 cm³/mol. The molecule has 1 aromatic carbocycles. The molecule has 1 fully saturated rings. The molecule has 1 aromatic rings. The van der Waals surface area contributed by atoms with Gasteiger partial charge in [0, 0.05) is 49.2 Å². The highest BCUT2D eigenvalue weighted by Gasteiger charge is 2.27. The number of benzene rings is 1. The molecule has 1 aliphatic rings. The van der Waals surface area contributed by atoms with E-state index in [2.05, 4.69) is 5.32 Å². The predicted octanol–water partition coefficient (Wildman–Crippen LogP) is 3.50. The molecule has 0 saturated carbocycles. The summed E-state index contributed by atoms with van der Waals surface area (Å²) in [5.41, 5.74) is 0.259. The van der Waals surface area contributed by atoms with Crippen LogP contribution in [0.15, 0.2) is 18.2 Å². The van der Waals surface area contributed by atoms with E-state index in [0.717, 1.165) is 13.1 Å². The van der Waals surface area contributed by atoms with Crippen LogP contribution in [0.25, 0.3) is 0 Å². The van der Waals surface area contributed by atoms with Crippen LogP contribution < -0.4 is 5.32 Å². The van der Waals surface area contributed by atoms with Gasteiger partial charge in [0.1, 0.15) is 5.82 Å². The van der Waals surface area contributed by atoms with Gasteiger partial charge in [0.05, 0.1) is 0 Å². The SMILES string of the molecule is Cl.Fc1ccc(Cl)cc1[C@@H](CC(F)F)N1CCNCC1. The van der Waals surface area contributed by atoms with E-state index in [1.165, 1.54) is 18.2 Å². The van der Waals surface area contributed by atoms with E-state index >= 15 is 0 Å². The fourth-order valence-electron chi connectivity index (χ4n) is 2.41. The Morgan fingerprint density at radius 1 is 1.25 bits per heavy atom. The summed E-state index contributed by atoms with van der Waals surface area (Å²) in [6.45, 7) is 2.70. The number of nitrogens with zero attached hydrogens (tertiary/aromatic N) is 1. The van der Waals surface area contributed by atoms with Gasteiger partial charge in [-0.05, 0) is 18.2 Å². The Hall–Kier alpha value is -0.490. The quantitative estimate of drug-likeness (QED) is 0.910. The normalized spacial score (nSPS) is 17.9. The Balaban J connectivity index is 0.00000200. The van der Waals surface area contributed by atoms with E-state index < -0.39 is 18.3 Å². The Bertz CT molecular complexity index is 426. The van der Waals surface area contributed by atoms with Crippen molar-refractivity contribution >= 4 is 24.0 Å². The molecule has 0 unspecified atom stereocenters. The van der Waals surface area contributed by atoms with Crippen molar-refractivity contribution in [2.75, 3.05) is 26.2 Å². The lowest BCUT2D eigenvalue weighted by Gasteiger charge is -2.35. The van der Waals surface area contributed by atoms with Gasteiger partial charge < -0.3 is 5.32 Å². The topological polar surface area (TPSA) is 15.3 Å². The van der Waals surface area contributed by atoms with Crippen LogP contribution in [-0.4, -0.2) is 37.5 Å². The maximum atomic E-state index is 13.9. The standard InChI is InChI=1S/C13H16ClF3N2.ClH/c14-9-1-2-11(15)10(7-9)12(8-13(16)17)19-5-3-18-4-6-19;/h1-2,7,12-13,18H,3-6,8H2;1H/t12-;/m1./s1. The summed E-state index contributed by atoms with van der Waals surface area (Å²) in [4.78, 5) is 1.89. The summed E-state index contributed by atoms with van der Waals surface area (Å²) in [7, 11) is 0. The smallest absolute Gasteiger partial charge is 0.240 e. The fraction of sp³-hybridized carbons (Fsp3) is 0.538. The van der Waals surface area contributed by atoms with Crippen molar-refractivity contribution in [3.8, 4) is 0 Å². The summed E-state index contributed by atoms with van der Waals surface area (Å²) < 4.78 is 39.4. The van der Waals surface area contributed by atoms with E-state index in [0.29, 0.717) is 18.1 Å². The molecule has 0 aromatic heterocycles. The van der Waals surface area contributed by atoms with Gasteiger partial charge >= 0.3 is 0 Å². The minimum absolute atomic E-state index is 0. The molecule has 1 saturated heterocycles. The van der Waals surface area contributed by atoms with Crippen molar-refractivity contribution in [2.45, 2.75) is 18.9 Å². The van der Waals surface area contributed by atoms with E-state index in [-0.39, 0.29) is 24.4 Å². The number of nitrogens with one attached hydrogen (secondary N) is 1. The van der Waals surface area contributed by atoms with Crippen LogP contribution in [0.2, 0.25) is 5.02 Å². The third-order valence-electron chi connectivity index (χ3n) is 3.31. The van der Waals surface area contributed by atoms with Gasteiger partial charge in [0.15, 0.2) is 0 Å². The minimum Gasteiger partial charge on any atom is -0.314 e. The van der Waals surface area contributed by atoms with Crippen LogP contribution in [0.5, 0.6) is 0 Å². The van der Waals surface area contributed by atoms with Gasteiger partial charge in [-0.15, -0.1) is 12.4 Å². The van der Waals surface area contributed by atoms with E-state index in [4.69, 9.17) is 11.6 Å². The molecule has 0 bridgehead atoms. The van der Waals surface area contributed by atoms with Crippen molar-refractivity contribution in [3.63, 3.8) is 0 Å². The zero-order chi connectivity index (χ0) is 13.8. The van der Waals surface area contributed by atoms with E-state index in [1.54, 1.807) is 0 Å². The number of rotatable bonds is 4. The highest BCUT2D eigenvalue weighted by molar-refractivity contribution is 6.30. The highest BCUT2D eigenvalue weighted by atomic mass is 35.5. The Morgan fingerprint density at radius 3 is 2.50 bits per heavy atom. The first kappa shape index (κ1) is 17.6. The summed E-state index contributed by atoms with van der Waals surface area (Å²) >= 11 is 5.85. The summed E-state index contributed by atoms with van der Waals surface area (Å²) in [6.07, 6.45) is -2.85. The first-order valence-corrected chi connectivity index (χ1v) is 6.63. The average Bonchev–Trinajstić information content (AvgIpc) is 2.40. The van der Waals surface area contributed by atoms with Gasteiger partial charge in [-0.25, -0.2) is 13.2 Å². The molecule has 2 nitrogen and oxygen atoms in total. The largest absolute Gasteiger partial charge is 0.314 e. The number of hydrogen-bond acceptors (Lipinski definition) is 2. The molecule has 0 spiro atoms. The van der Waals surface area contributed by atoms with Crippen molar-refractivity contribution in [3.05, 3.63) is 34.6 Å². The van der Waals surface area contributed by atoms with Crippen LogP contribution in [-0.2, 0) is 0 Å². The van der Waals surface area contributed by atoms with Gasteiger partial charge in [-0.2, -0.15) is 0 Å². The molecular weight excluding hydrogens is 312 g/mol. The zero-order valence-electron chi connectivity index (χ0n) is 10.8. The molecule has 0 amide bonds. The molecule has 1 atom stereocenters. The van der Waals surface area contributed by atoms with Crippen LogP contribution in [0, 0.1) is 5.82 Å². The molecule has 0 aliphatic carbocycles. The number of piperazine rings is 1. The Morgan fingerprint density at radius 2 is 1.90 bits per heavy atom.